The van der Waals surface area contributed by atoms with Crippen molar-refractivity contribution in [2.45, 2.75) is 52.6 Å². The summed E-state index contributed by atoms with van der Waals surface area (Å²) in [5, 5.41) is 3.03. The van der Waals surface area contributed by atoms with Gasteiger partial charge in [0.1, 0.15) is 12.4 Å². The molecule has 0 aliphatic rings. The second-order valence-electron chi connectivity index (χ2n) is 4.53. The van der Waals surface area contributed by atoms with Crippen molar-refractivity contribution in [2.75, 3.05) is 19.0 Å². The van der Waals surface area contributed by atoms with Crippen LogP contribution >= 0.6 is 0 Å². The lowest BCUT2D eigenvalue weighted by Crippen LogP contribution is -2.04. The van der Waals surface area contributed by atoms with Crippen molar-refractivity contribution in [2.24, 2.45) is 0 Å². The van der Waals surface area contributed by atoms with E-state index in [2.05, 4.69) is 22.2 Å². The molecule has 0 atom stereocenters. The van der Waals surface area contributed by atoms with Gasteiger partial charge in [-0.1, -0.05) is 32.6 Å². The summed E-state index contributed by atoms with van der Waals surface area (Å²) in [6, 6.07) is 1.92. The summed E-state index contributed by atoms with van der Waals surface area (Å²) in [6.07, 6.45) is 6.30. The van der Waals surface area contributed by atoms with E-state index < -0.39 is 0 Å². The Hall–Kier alpha value is -1.16. The summed E-state index contributed by atoms with van der Waals surface area (Å²) in [5.74, 6) is 1.61. The minimum absolute atomic E-state index is 0.504. The second-order valence-corrected chi connectivity index (χ2v) is 4.53. The molecule has 0 saturated carbocycles. The number of hydrogen-bond acceptors (Lipinski definition) is 4. The number of nitrogens with zero attached hydrogens (tertiary/aromatic N) is 2. The molecule has 1 N–H and O–H groups in total. The number of anilines is 1. The Labute approximate surface area is 110 Å². The predicted octanol–water partition coefficient (Wildman–Crippen LogP) is 3.31. The van der Waals surface area contributed by atoms with Crippen LogP contribution in [0, 0.1) is 6.92 Å². The van der Waals surface area contributed by atoms with Gasteiger partial charge in [-0.2, -0.15) is 0 Å². The molecule has 102 valence electrons. The lowest BCUT2D eigenvalue weighted by Gasteiger charge is -2.06. The number of hydrogen-bond donors (Lipinski definition) is 1. The first-order chi connectivity index (χ1) is 8.76. The molecule has 4 nitrogen and oxygen atoms in total. The Bertz CT molecular complexity index is 342. The minimum atomic E-state index is 0.504. The van der Waals surface area contributed by atoms with Crippen molar-refractivity contribution in [1.82, 2.24) is 9.97 Å². The molecule has 1 aromatic rings. The highest BCUT2D eigenvalue weighted by molar-refractivity contribution is 5.34. The van der Waals surface area contributed by atoms with Gasteiger partial charge in [0.25, 0.3) is 0 Å². The first kappa shape index (κ1) is 14.9. The zero-order valence-corrected chi connectivity index (χ0v) is 11.8. The first-order valence-corrected chi connectivity index (χ1v) is 6.86. The maximum atomic E-state index is 5.60. The number of unbranched alkanes of at least 4 members (excludes halogenated alkanes) is 4. The molecule has 0 bridgehead atoms. The molecule has 0 saturated heterocycles. The van der Waals surface area contributed by atoms with E-state index in [4.69, 9.17) is 4.74 Å². The van der Waals surface area contributed by atoms with Crippen molar-refractivity contribution in [1.29, 1.82) is 0 Å². The smallest absolute Gasteiger partial charge is 0.156 e. The molecule has 0 spiro atoms. The fourth-order valence-corrected chi connectivity index (χ4v) is 1.79. The summed E-state index contributed by atoms with van der Waals surface area (Å²) in [6.45, 7) is 5.50. The van der Waals surface area contributed by atoms with Crippen molar-refractivity contribution < 1.29 is 4.74 Å². The molecule has 0 unspecified atom stereocenters. The Morgan fingerprint density at radius 1 is 1.17 bits per heavy atom. The molecule has 0 fully saturated rings. The van der Waals surface area contributed by atoms with Crippen molar-refractivity contribution in [3.05, 3.63) is 17.6 Å². The molecule has 0 aliphatic carbocycles. The van der Waals surface area contributed by atoms with Gasteiger partial charge in [-0.05, 0) is 13.3 Å². The third-order valence-electron chi connectivity index (χ3n) is 2.78. The molecule has 1 heterocycles. The van der Waals surface area contributed by atoms with Crippen LogP contribution in [-0.4, -0.2) is 23.6 Å². The highest BCUT2D eigenvalue weighted by Crippen LogP contribution is 2.07. The highest BCUT2D eigenvalue weighted by Gasteiger charge is 2.01. The number of ether oxygens (including phenoxy) is 1. The van der Waals surface area contributed by atoms with Crippen molar-refractivity contribution >= 4 is 5.82 Å². The molecule has 0 aliphatic heterocycles. The lowest BCUT2D eigenvalue weighted by atomic mass is 10.2. The third kappa shape index (κ3) is 5.96. The van der Waals surface area contributed by atoms with Gasteiger partial charge in [0, 0.05) is 25.4 Å². The van der Waals surface area contributed by atoms with Gasteiger partial charge >= 0.3 is 0 Å². The van der Waals surface area contributed by atoms with E-state index in [9.17, 15) is 0 Å². The molecular formula is C14H25N3O. The number of nitrogens with one attached hydrogen (secondary N) is 1. The van der Waals surface area contributed by atoms with Gasteiger partial charge in [-0.25, -0.2) is 9.97 Å². The monoisotopic (exact) mass is 251 g/mol. The van der Waals surface area contributed by atoms with Crippen LogP contribution in [0.3, 0.4) is 0 Å². The average molecular weight is 251 g/mol. The Morgan fingerprint density at radius 2 is 1.94 bits per heavy atom. The largest absolute Gasteiger partial charge is 0.373 e. The normalized spacial score (nSPS) is 10.6. The number of aromatic nitrogens is 2. The molecule has 0 amide bonds. The van der Waals surface area contributed by atoms with E-state index in [0.717, 1.165) is 30.4 Å². The minimum Gasteiger partial charge on any atom is -0.373 e. The summed E-state index contributed by atoms with van der Waals surface area (Å²) in [7, 11) is 1.86. The topological polar surface area (TPSA) is 47.0 Å². The van der Waals surface area contributed by atoms with Gasteiger partial charge < -0.3 is 10.1 Å². The molecule has 18 heavy (non-hydrogen) atoms. The van der Waals surface area contributed by atoms with Gasteiger partial charge in [0.2, 0.25) is 0 Å². The van der Waals surface area contributed by atoms with Crippen LogP contribution in [0.15, 0.2) is 6.07 Å². The SMILES string of the molecule is CCCCCCCOCc1nc(C)cc(NC)n1. The molecular weight excluding hydrogens is 226 g/mol. The molecule has 1 aromatic heterocycles. The third-order valence-corrected chi connectivity index (χ3v) is 2.78. The Kier molecular flexibility index (Phi) is 7.34. The second kappa shape index (κ2) is 8.86. The standard InChI is InChI=1S/C14H25N3O/c1-4-5-6-7-8-9-18-11-14-16-12(2)10-13(15-3)17-14/h10H,4-9,11H2,1-3H3,(H,15,16,17). The number of rotatable bonds is 9. The quantitative estimate of drug-likeness (QED) is 0.684. The van der Waals surface area contributed by atoms with Crippen molar-refractivity contribution in [3.8, 4) is 0 Å². The summed E-state index contributed by atoms with van der Waals surface area (Å²) in [5.41, 5.74) is 0.968. The maximum absolute atomic E-state index is 5.60. The fraction of sp³-hybridized carbons (Fsp3) is 0.714. The van der Waals surface area contributed by atoms with E-state index in [0.29, 0.717) is 6.61 Å². The van der Waals surface area contributed by atoms with E-state index in [1.165, 1.54) is 25.7 Å². The first-order valence-electron chi connectivity index (χ1n) is 6.86. The van der Waals surface area contributed by atoms with Gasteiger partial charge in [0.15, 0.2) is 5.82 Å². The van der Waals surface area contributed by atoms with E-state index >= 15 is 0 Å². The van der Waals surface area contributed by atoms with Crippen LogP contribution in [-0.2, 0) is 11.3 Å². The van der Waals surface area contributed by atoms with Crippen molar-refractivity contribution in [3.63, 3.8) is 0 Å². The summed E-state index contributed by atoms with van der Waals surface area (Å²) in [4.78, 5) is 8.70. The van der Waals surface area contributed by atoms with Crippen LogP contribution in [0.5, 0.6) is 0 Å². The number of aryl methyl sites for hydroxylation is 1. The maximum Gasteiger partial charge on any atom is 0.156 e. The summed E-state index contributed by atoms with van der Waals surface area (Å²) < 4.78 is 5.60. The Balaban J connectivity index is 2.20. The van der Waals surface area contributed by atoms with Gasteiger partial charge in [-0.15, -0.1) is 0 Å². The zero-order valence-electron chi connectivity index (χ0n) is 11.8. The summed E-state index contributed by atoms with van der Waals surface area (Å²) >= 11 is 0. The van der Waals surface area contributed by atoms with Gasteiger partial charge in [0.05, 0.1) is 0 Å². The van der Waals surface area contributed by atoms with Crippen LogP contribution in [0.25, 0.3) is 0 Å². The van der Waals surface area contributed by atoms with E-state index in [1.807, 2.05) is 20.0 Å². The zero-order chi connectivity index (χ0) is 13.2. The van der Waals surface area contributed by atoms with E-state index in [-0.39, 0.29) is 0 Å². The molecule has 4 heteroatoms. The average Bonchev–Trinajstić information content (AvgIpc) is 2.37. The van der Waals surface area contributed by atoms with E-state index in [1.54, 1.807) is 0 Å². The fourth-order valence-electron chi connectivity index (χ4n) is 1.79. The predicted molar refractivity (Wildman–Crippen MR) is 74.7 cm³/mol. The van der Waals surface area contributed by atoms with Crippen LogP contribution in [0.1, 0.15) is 50.5 Å². The van der Waals surface area contributed by atoms with Gasteiger partial charge in [-0.3, -0.25) is 0 Å². The van der Waals surface area contributed by atoms with Crippen LogP contribution in [0.2, 0.25) is 0 Å². The highest BCUT2D eigenvalue weighted by atomic mass is 16.5. The lowest BCUT2D eigenvalue weighted by molar-refractivity contribution is 0.111. The van der Waals surface area contributed by atoms with Crippen LogP contribution in [0.4, 0.5) is 5.82 Å². The molecule has 0 aromatic carbocycles. The Morgan fingerprint density at radius 3 is 2.67 bits per heavy atom. The molecule has 1 rings (SSSR count). The van der Waals surface area contributed by atoms with Crippen LogP contribution < -0.4 is 5.32 Å². The molecule has 0 radical (unpaired) electrons.